The Morgan fingerprint density at radius 3 is 2.91 bits per heavy atom. The number of aryl methyl sites for hydroxylation is 1. The number of carbonyl (C=O) groups is 1. The van der Waals surface area contributed by atoms with E-state index in [1.807, 2.05) is 6.07 Å². The maximum atomic E-state index is 13.5. The molecular formula is C18H20FNO3. The third-order valence-electron chi connectivity index (χ3n) is 4.41. The molecule has 122 valence electrons. The molecule has 1 aromatic carbocycles. The van der Waals surface area contributed by atoms with Crippen molar-refractivity contribution in [2.45, 2.75) is 32.7 Å². The van der Waals surface area contributed by atoms with Gasteiger partial charge in [-0.3, -0.25) is 4.90 Å². The second-order valence-corrected chi connectivity index (χ2v) is 6.26. The molecule has 5 heteroatoms. The monoisotopic (exact) mass is 317 g/mol. The lowest BCUT2D eigenvalue weighted by atomic mass is 9.95. The van der Waals surface area contributed by atoms with Gasteiger partial charge in [0.1, 0.15) is 11.6 Å². The van der Waals surface area contributed by atoms with E-state index < -0.39 is 5.97 Å². The van der Waals surface area contributed by atoms with Crippen molar-refractivity contribution in [3.05, 3.63) is 58.3 Å². The van der Waals surface area contributed by atoms with Crippen molar-refractivity contribution < 1.29 is 18.7 Å². The first-order chi connectivity index (χ1) is 10.9. The summed E-state index contributed by atoms with van der Waals surface area (Å²) in [7, 11) is 0. The topological polar surface area (TPSA) is 53.7 Å². The predicted molar refractivity (Wildman–Crippen MR) is 84.2 cm³/mol. The summed E-state index contributed by atoms with van der Waals surface area (Å²) in [4.78, 5) is 13.3. The first-order valence-corrected chi connectivity index (χ1v) is 7.77. The average molecular weight is 317 g/mol. The molecule has 0 saturated carbocycles. The quantitative estimate of drug-likeness (QED) is 0.940. The molecule has 0 fully saturated rings. The van der Waals surface area contributed by atoms with Crippen LogP contribution in [0.5, 0.6) is 0 Å². The Morgan fingerprint density at radius 1 is 1.43 bits per heavy atom. The van der Waals surface area contributed by atoms with Gasteiger partial charge in [0.2, 0.25) is 5.76 Å². The number of rotatable bonds is 3. The van der Waals surface area contributed by atoms with Crippen LogP contribution in [0.25, 0.3) is 0 Å². The fourth-order valence-corrected chi connectivity index (χ4v) is 3.31. The van der Waals surface area contributed by atoms with Gasteiger partial charge in [-0.25, -0.2) is 9.18 Å². The van der Waals surface area contributed by atoms with Crippen molar-refractivity contribution in [3.8, 4) is 0 Å². The van der Waals surface area contributed by atoms with Crippen LogP contribution in [-0.4, -0.2) is 29.1 Å². The summed E-state index contributed by atoms with van der Waals surface area (Å²) in [6, 6.07) is 6.79. The summed E-state index contributed by atoms with van der Waals surface area (Å²) >= 11 is 0. The zero-order valence-corrected chi connectivity index (χ0v) is 13.3. The third-order valence-corrected chi connectivity index (χ3v) is 4.41. The van der Waals surface area contributed by atoms with Gasteiger partial charge in [-0.1, -0.05) is 13.0 Å². The maximum Gasteiger partial charge on any atom is 0.372 e. The molecule has 0 saturated heterocycles. The Morgan fingerprint density at radius 2 is 2.22 bits per heavy atom. The van der Waals surface area contributed by atoms with Crippen LogP contribution in [0.4, 0.5) is 4.39 Å². The highest BCUT2D eigenvalue weighted by Crippen LogP contribution is 2.27. The van der Waals surface area contributed by atoms with Gasteiger partial charge in [0.25, 0.3) is 0 Å². The standard InChI is InChI=1S/C18H20FNO3/c1-11-7-15(23-17(11)18(21)22)10-20-6-5-13-3-4-14(19)8-16(13)12(2)9-20/h3-4,7-8,12H,5-6,9-10H2,1-2H3,(H,21,22). The summed E-state index contributed by atoms with van der Waals surface area (Å²) < 4.78 is 18.9. The smallest absolute Gasteiger partial charge is 0.372 e. The van der Waals surface area contributed by atoms with Crippen molar-refractivity contribution in [1.82, 2.24) is 4.90 Å². The zero-order valence-electron chi connectivity index (χ0n) is 13.3. The SMILES string of the molecule is Cc1cc(CN2CCc3ccc(F)cc3C(C)C2)oc1C(=O)O. The highest BCUT2D eigenvalue weighted by Gasteiger charge is 2.22. The van der Waals surface area contributed by atoms with E-state index in [-0.39, 0.29) is 17.5 Å². The van der Waals surface area contributed by atoms with Gasteiger partial charge in [-0.2, -0.15) is 0 Å². The number of aromatic carboxylic acids is 1. The summed E-state index contributed by atoms with van der Waals surface area (Å²) in [5.41, 5.74) is 2.89. The summed E-state index contributed by atoms with van der Waals surface area (Å²) in [6.07, 6.45) is 0.853. The van der Waals surface area contributed by atoms with Gasteiger partial charge in [0.05, 0.1) is 6.54 Å². The minimum absolute atomic E-state index is 0.00762. The molecule has 4 nitrogen and oxygen atoms in total. The van der Waals surface area contributed by atoms with Crippen LogP contribution in [0.15, 0.2) is 28.7 Å². The number of carboxylic acids is 1. The second-order valence-electron chi connectivity index (χ2n) is 6.26. The van der Waals surface area contributed by atoms with Crippen molar-refractivity contribution in [1.29, 1.82) is 0 Å². The lowest BCUT2D eigenvalue weighted by Gasteiger charge is -2.21. The molecule has 3 rings (SSSR count). The van der Waals surface area contributed by atoms with E-state index >= 15 is 0 Å². The van der Waals surface area contributed by atoms with Crippen molar-refractivity contribution in [2.75, 3.05) is 13.1 Å². The third kappa shape index (κ3) is 3.29. The molecular weight excluding hydrogens is 297 g/mol. The van der Waals surface area contributed by atoms with Crippen molar-refractivity contribution in [2.24, 2.45) is 0 Å². The summed E-state index contributed by atoms with van der Waals surface area (Å²) in [5.74, 6) is -0.353. The molecule has 23 heavy (non-hydrogen) atoms. The van der Waals surface area contributed by atoms with E-state index in [1.54, 1.807) is 19.1 Å². The van der Waals surface area contributed by atoms with E-state index in [2.05, 4.69) is 11.8 Å². The van der Waals surface area contributed by atoms with E-state index in [4.69, 9.17) is 9.52 Å². The lowest BCUT2D eigenvalue weighted by molar-refractivity contribution is 0.0657. The van der Waals surface area contributed by atoms with Crippen LogP contribution in [0, 0.1) is 12.7 Å². The minimum atomic E-state index is -1.04. The number of benzene rings is 1. The largest absolute Gasteiger partial charge is 0.475 e. The van der Waals surface area contributed by atoms with Gasteiger partial charge in [0.15, 0.2) is 0 Å². The van der Waals surface area contributed by atoms with Crippen LogP contribution in [-0.2, 0) is 13.0 Å². The first kappa shape index (κ1) is 15.7. The van der Waals surface area contributed by atoms with E-state index in [1.165, 1.54) is 11.6 Å². The molecule has 0 radical (unpaired) electrons. The Bertz CT molecular complexity index is 738. The highest BCUT2D eigenvalue weighted by atomic mass is 19.1. The molecule has 2 aromatic rings. The minimum Gasteiger partial charge on any atom is -0.475 e. The van der Waals surface area contributed by atoms with Crippen LogP contribution < -0.4 is 0 Å². The number of carboxylic acid groups (broad SMARTS) is 1. The normalized spacial score (nSPS) is 18.5. The number of halogens is 1. The van der Waals surface area contributed by atoms with Gasteiger partial charge in [-0.15, -0.1) is 0 Å². The second kappa shape index (κ2) is 6.16. The van der Waals surface area contributed by atoms with Crippen LogP contribution in [0.3, 0.4) is 0 Å². The fourth-order valence-electron chi connectivity index (χ4n) is 3.31. The molecule has 0 amide bonds. The molecule has 1 unspecified atom stereocenters. The maximum absolute atomic E-state index is 13.5. The average Bonchev–Trinajstić information content (AvgIpc) is 2.78. The molecule has 1 aliphatic rings. The number of hydrogen-bond acceptors (Lipinski definition) is 3. The molecule has 1 N–H and O–H groups in total. The number of fused-ring (bicyclic) bond motifs is 1. The number of hydrogen-bond donors (Lipinski definition) is 1. The van der Waals surface area contributed by atoms with Crippen LogP contribution >= 0.6 is 0 Å². The molecule has 1 aliphatic heterocycles. The zero-order chi connectivity index (χ0) is 16.6. The first-order valence-electron chi connectivity index (χ1n) is 7.77. The molecule has 1 aromatic heterocycles. The van der Waals surface area contributed by atoms with E-state index in [9.17, 15) is 9.18 Å². The Balaban J connectivity index is 1.76. The molecule has 0 bridgehead atoms. The molecule has 2 heterocycles. The van der Waals surface area contributed by atoms with Crippen LogP contribution in [0.1, 0.15) is 45.8 Å². The van der Waals surface area contributed by atoms with E-state index in [0.717, 1.165) is 25.1 Å². The molecule has 0 aliphatic carbocycles. The van der Waals surface area contributed by atoms with Crippen molar-refractivity contribution >= 4 is 5.97 Å². The predicted octanol–water partition coefficient (Wildman–Crippen LogP) is 3.59. The summed E-state index contributed by atoms with van der Waals surface area (Å²) in [5, 5.41) is 9.07. The Hall–Kier alpha value is -2.14. The lowest BCUT2D eigenvalue weighted by Crippen LogP contribution is -2.27. The van der Waals surface area contributed by atoms with Crippen molar-refractivity contribution in [3.63, 3.8) is 0 Å². The Kier molecular flexibility index (Phi) is 4.22. The van der Waals surface area contributed by atoms with Gasteiger partial charge < -0.3 is 9.52 Å². The van der Waals surface area contributed by atoms with Gasteiger partial charge in [-0.05, 0) is 48.6 Å². The highest BCUT2D eigenvalue weighted by molar-refractivity contribution is 5.86. The van der Waals surface area contributed by atoms with Gasteiger partial charge >= 0.3 is 5.97 Å². The Labute approximate surface area is 134 Å². The van der Waals surface area contributed by atoms with E-state index in [0.29, 0.717) is 17.9 Å². The number of furan rings is 1. The van der Waals surface area contributed by atoms with Gasteiger partial charge in [0, 0.05) is 18.7 Å². The number of nitrogens with zero attached hydrogens (tertiary/aromatic N) is 1. The molecule has 1 atom stereocenters. The molecule has 0 spiro atoms. The summed E-state index contributed by atoms with van der Waals surface area (Å²) in [6.45, 7) is 6.02. The fraction of sp³-hybridized carbons (Fsp3) is 0.389. The van der Waals surface area contributed by atoms with Crippen LogP contribution in [0.2, 0.25) is 0 Å².